The van der Waals surface area contributed by atoms with E-state index in [4.69, 9.17) is 9.47 Å². The van der Waals surface area contributed by atoms with Crippen LogP contribution in [0.15, 0.2) is 0 Å². The minimum absolute atomic E-state index is 0.184. The second-order valence-corrected chi connectivity index (χ2v) is 7.31. The van der Waals surface area contributed by atoms with E-state index in [-0.39, 0.29) is 5.92 Å². The number of ether oxygens (including phenoxy) is 2. The lowest BCUT2D eigenvalue weighted by atomic mass is 9.60. The van der Waals surface area contributed by atoms with Crippen molar-refractivity contribution in [3.8, 4) is 0 Å². The molecule has 21 heavy (non-hydrogen) atoms. The first-order valence-electron chi connectivity index (χ1n) is 8.33. The first-order chi connectivity index (χ1) is 9.99. The highest BCUT2D eigenvalue weighted by Gasteiger charge is 2.54. The summed E-state index contributed by atoms with van der Waals surface area (Å²) in [5.74, 6) is 1.00. The van der Waals surface area contributed by atoms with Gasteiger partial charge in [0.25, 0.3) is 0 Å². The minimum Gasteiger partial charge on any atom is -0.368 e. The van der Waals surface area contributed by atoms with Gasteiger partial charge in [-0.25, -0.2) is 10.1 Å². The van der Waals surface area contributed by atoms with Crippen LogP contribution in [0.4, 0.5) is 0 Å². The Morgan fingerprint density at radius 1 is 1.24 bits per heavy atom. The Kier molecular flexibility index (Phi) is 4.32. The molecule has 0 radical (unpaired) electrons. The number of rotatable bonds is 2. The van der Waals surface area contributed by atoms with Crippen molar-refractivity contribution < 1.29 is 24.7 Å². The lowest BCUT2D eigenvalue weighted by Gasteiger charge is -2.51. The van der Waals surface area contributed by atoms with Gasteiger partial charge in [0.2, 0.25) is 5.79 Å². The fraction of sp³-hybridized carbons (Fsp3) is 1.00. The lowest BCUT2D eigenvalue weighted by molar-refractivity contribution is -0.443. The molecule has 5 unspecified atom stereocenters. The van der Waals surface area contributed by atoms with Crippen molar-refractivity contribution in [2.75, 3.05) is 0 Å². The van der Waals surface area contributed by atoms with Crippen molar-refractivity contribution in [1.29, 1.82) is 0 Å². The molecule has 2 heterocycles. The van der Waals surface area contributed by atoms with Crippen LogP contribution in [0.25, 0.3) is 0 Å². The van der Waals surface area contributed by atoms with Crippen molar-refractivity contribution in [1.82, 2.24) is 0 Å². The number of hydrogen-bond donors (Lipinski definition) is 2. The van der Waals surface area contributed by atoms with Gasteiger partial charge in [-0.15, -0.1) is 0 Å². The molecular weight excluding hydrogens is 272 g/mol. The summed E-state index contributed by atoms with van der Waals surface area (Å²) in [5.41, 5.74) is 0. The van der Waals surface area contributed by atoms with E-state index in [2.05, 4.69) is 18.7 Å². The van der Waals surface area contributed by atoms with Gasteiger partial charge in [0.05, 0.1) is 0 Å². The SMILES string of the molecule is CCC1C(O)O[C@@H]2O[C@@](C)(OO)CCC3C2C1CC[C@H]3C. The summed E-state index contributed by atoms with van der Waals surface area (Å²) in [7, 11) is 0. The molecule has 5 heteroatoms. The molecule has 1 aliphatic carbocycles. The molecule has 8 atom stereocenters. The monoisotopic (exact) mass is 300 g/mol. The van der Waals surface area contributed by atoms with Gasteiger partial charge in [-0.3, -0.25) is 0 Å². The zero-order valence-electron chi connectivity index (χ0n) is 13.2. The van der Waals surface area contributed by atoms with E-state index >= 15 is 0 Å². The van der Waals surface area contributed by atoms with E-state index in [1.54, 1.807) is 6.92 Å². The molecule has 2 N–H and O–H groups in total. The van der Waals surface area contributed by atoms with Crippen LogP contribution in [0, 0.1) is 29.6 Å². The summed E-state index contributed by atoms with van der Waals surface area (Å²) in [5, 5.41) is 19.5. The van der Waals surface area contributed by atoms with Crippen LogP contribution >= 0.6 is 0 Å². The maximum Gasteiger partial charge on any atom is 0.201 e. The zero-order valence-corrected chi connectivity index (χ0v) is 13.2. The van der Waals surface area contributed by atoms with Gasteiger partial charge in [0.1, 0.15) is 0 Å². The zero-order chi connectivity index (χ0) is 15.2. The van der Waals surface area contributed by atoms with Gasteiger partial charge < -0.3 is 14.6 Å². The van der Waals surface area contributed by atoms with E-state index in [0.717, 1.165) is 19.3 Å². The van der Waals surface area contributed by atoms with E-state index in [1.165, 1.54) is 6.42 Å². The Labute approximate surface area is 126 Å². The van der Waals surface area contributed by atoms with Crippen molar-refractivity contribution >= 4 is 0 Å². The molecule has 0 aromatic heterocycles. The van der Waals surface area contributed by atoms with Gasteiger partial charge in [0, 0.05) is 18.3 Å². The third kappa shape index (κ3) is 2.63. The lowest BCUT2D eigenvalue weighted by Crippen LogP contribution is -2.54. The summed E-state index contributed by atoms with van der Waals surface area (Å²) in [6.07, 6.45) is 3.58. The topological polar surface area (TPSA) is 68.2 Å². The normalized spacial score (nSPS) is 53.9. The molecule has 3 fully saturated rings. The van der Waals surface area contributed by atoms with Crippen molar-refractivity contribution in [2.24, 2.45) is 29.6 Å². The molecule has 1 saturated carbocycles. The van der Waals surface area contributed by atoms with Crippen molar-refractivity contribution in [3.63, 3.8) is 0 Å². The largest absolute Gasteiger partial charge is 0.368 e. The summed E-state index contributed by atoms with van der Waals surface area (Å²) in [4.78, 5) is 4.60. The first kappa shape index (κ1) is 15.7. The summed E-state index contributed by atoms with van der Waals surface area (Å²) >= 11 is 0. The van der Waals surface area contributed by atoms with E-state index in [0.29, 0.717) is 30.1 Å². The van der Waals surface area contributed by atoms with Crippen LogP contribution in [0.2, 0.25) is 0 Å². The quantitative estimate of drug-likeness (QED) is 0.606. The Morgan fingerprint density at radius 2 is 2.00 bits per heavy atom. The van der Waals surface area contributed by atoms with Crippen LogP contribution in [-0.2, 0) is 14.4 Å². The summed E-state index contributed by atoms with van der Waals surface area (Å²) < 4.78 is 11.7. The standard InChI is InChI=1S/C16H28O5/c1-4-10-12-6-5-9(2)11-7-8-16(3,21-18)20-15(13(11)12)19-14(10)17/h9-15,17-18H,4-8H2,1-3H3/t9-,10?,11?,12?,13?,14?,15-,16+/m1/s1. The Morgan fingerprint density at radius 3 is 2.67 bits per heavy atom. The number of aliphatic hydroxyl groups excluding tert-OH is 1. The highest BCUT2D eigenvalue weighted by molar-refractivity contribution is 4.96. The summed E-state index contributed by atoms with van der Waals surface area (Å²) in [6.45, 7) is 6.15. The Bertz CT molecular complexity index is 376. The molecule has 3 rings (SSSR count). The van der Waals surface area contributed by atoms with Gasteiger partial charge in [-0.1, -0.05) is 20.3 Å². The first-order valence-corrected chi connectivity index (χ1v) is 8.33. The minimum atomic E-state index is -1.04. The molecule has 122 valence electrons. The smallest absolute Gasteiger partial charge is 0.201 e. The molecule has 0 aromatic rings. The molecule has 3 aliphatic rings. The number of hydrogen-bond acceptors (Lipinski definition) is 5. The third-order valence-corrected chi connectivity index (χ3v) is 6.14. The van der Waals surface area contributed by atoms with E-state index in [9.17, 15) is 10.4 Å². The molecule has 5 nitrogen and oxygen atoms in total. The van der Waals surface area contributed by atoms with E-state index < -0.39 is 18.4 Å². The van der Waals surface area contributed by atoms with Crippen LogP contribution in [0.1, 0.15) is 52.9 Å². The molecular formula is C16H28O5. The van der Waals surface area contributed by atoms with Gasteiger partial charge in [0.15, 0.2) is 12.6 Å². The van der Waals surface area contributed by atoms with Crippen LogP contribution in [0.5, 0.6) is 0 Å². The predicted molar refractivity (Wildman–Crippen MR) is 76.0 cm³/mol. The molecule has 0 aromatic carbocycles. The molecule has 0 bridgehead atoms. The Hall–Kier alpha value is -0.200. The third-order valence-electron chi connectivity index (χ3n) is 6.14. The second kappa shape index (κ2) is 5.78. The van der Waals surface area contributed by atoms with Gasteiger partial charge >= 0.3 is 0 Å². The average Bonchev–Trinajstić information content (AvgIpc) is 2.61. The van der Waals surface area contributed by atoms with Crippen LogP contribution in [-0.4, -0.2) is 28.7 Å². The fourth-order valence-electron chi connectivity index (χ4n) is 4.89. The maximum absolute atomic E-state index is 10.3. The van der Waals surface area contributed by atoms with Crippen molar-refractivity contribution in [3.05, 3.63) is 0 Å². The second-order valence-electron chi connectivity index (χ2n) is 7.31. The van der Waals surface area contributed by atoms with Crippen LogP contribution in [0.3, 0.4) is 0 Å². The summed E-state index contributed by atoms with van der Waals surface area (Å²) in [6, 6.07) is 0. The molecule has 2 saturated heterocycles. The van der Waals surface area contributed by atoms with Crippen LogP contribution < -0.4 is 0 Å². The van der Waals surface area contributed by atoms with Gasteiger partial charge in [-0.05, 0) is 43.9 Å². The highest BCUT2D eigenvalue weighted by Crippen LogP contribution is 2.53. The van der Waals surface area contributed by atoms with E-state index in [1.807, 2.05) is 0 Å². The predicted octanol–water partition coefficient (Wildman–Crippen LogP) is 2.98. The molecule has 0 spiro atoms. The average molecular weight is 300 g/mol. The Balaban J connectivity index is 1.92. The fourth-order valence-corrected chi connectivity index (χ4v) is 4.89. The number of aliphatic hydroxyl groups is 1. The molecule has 0 amide bonds. The van der Waals surface area contributed by atoms with Gasteiger partial charge in [-0.2, -0.15) is 0 Å². The molecule has 2 aliphatic heterocycles. The maximum atomic E-state index is 10.3. The highest BCUT2D eigenvalue weighted by atomic mass is 17.1. The van der Waals surface area contributed by atoms with Crippen molar-refractivity contribution in [2.45, 2.75) is 71.2 Å².